The average molecular weight is 501 g/mol. The van der Waals surface area contributed by atoms with Crippen molar-refractivity contribution in [1.82, 2.24) is 15.0 Å². The highest BCUT2D eigenvalue weighted by Crippen LogP contribution is 2.28. The molecule has 6 heteroatoms. The van der Waals surface area contributed by atoms with Crippen LogP contribution in [0.5, 0.6) is 0 Å². The van der Waals surface area contributed by atoms with Crippen molar-refractivity contribution >= 4 is 56.5 Å². The van der Waals surface area contributed by atoms with E-state index in [0.717, 1.165) is 43.3 Å². The second kappa shape index (κ2) is 10.3. The monoisotopic (exact) mass is 500 g/mol. The standard InChI is InChI=1S/C31H24N4OS/c36-30(34-32-19-27-25-14-6-4-12-23(25)18-24-13-5-7-15-26(24)27)21-37-31-33-28-16-8-9-17-29(28)35(31)20-22-10-2-1-3-11-22/h1-19H,20-21H2,(H,34,36)/b32-19+. The summed E-state index contributed by atoms with van der Waals surface area (Å²) in [4.78, 5) is 17.5. The maximum atomic E-state index is 12.7. The molecule has 1 amide bonds. The van der Waals surface area contributed by atoms with Gasteiger partial charge >= 0.3 is 0 Å². The van der Waals surface area contributed by atoms with Gasteiger partial charge in [-0.05, 0) is 45.3 Å². The fourth-order valence-corrected chi connectivity index (χ4v) is 5.41. The highest BCUT2D eigenvalue weighted by molar-refractivity contribution is 7.99. The summed E-state index contributed by atoms with van der Waals surface area (Å²) in [6, 6.07) is 37.0. The smallest absolute Gasteiger partial charge is 0.250 e. The number of fused-ring (bicyclic) bond motifs is 3. The van der Waals surface area contributed by atoms with Gasteiger partial charge in [0.2, 0.25) is 0 Å². The van der Waals surface area contributed by atoms with Crippen LogP contribution >= 0.6 is 11.8 Å². The van der Waals surface area contributed by atoms with Crippen LogP contribution in [-0.4, -0.2) is 27.4 Å². The number of amides is 1. The number of para-hydroxylation sites is 2. The molecule has 5 nitrogen and oxygen atoms in total. The fraction of sp³-hybridized carbons (Fsp3) is 0.0645. The van der Waals surface area contributed by atoms with E-state index < -0.39 is 0 Å². The highest BCUT2D eigenvalue weighted by Gasteiger charge is 2.13. The molecule has 180 valence electrons. The third-order valence-electron chi connectivity index (χ3n) is 6.33. The second-order valence-electron chi connectivity index (χ2n) is 8.77. The molecule has 0 fully saturated rings. The molecule has 0 aliphatic rings. The maximum absolute atomic E-state index is 12.7. The minimum Gasteiger partial charge on any atom is -0.314 e. The number of hydrogen-bond acceptors (Lipinski definition) is 4. The summed E-state index contributed by atoms with van der Waals surface area (Å²) in [6.45, 7) is 0.692. The quantitative estimate of drug-likeness (QED) is 0.116. The van der Waals surface area contributed by atoms with Gasteiger partial charge in [-0.2, -0.15) is 5.10 Å². The van der Waals surface area contributed by atoms with E-state index in [4.69, 9.17) is 4.98 Å². The van der Waals surface area contributed by atoms with Gasteiger partial charge in [-0.15, -0.1) is 0 Å². The predicted molar refractivity (Wildman–Crippen MR) is 153 cm³/mol. The van der Waals surface area contributed by atoms with Crippen LogP contribution in [0.25, 0.3) is 32.6 Å². The first kappa shape index (κ1) is 23.0. The number of hydrogen-bond donors (Lipinski definition) is 1. The van der Waals surface area contributed by atoms with Crippen LogP contribution in [0.15, 0.2) is 119 Å². The molecule has 5 aromatic carbocycles. The zero-order valence-corrected chi connectivity index (χ0v) is 20.9. The van der Waals surface area contributed by atoms with E-state index in [-0.39, 0.29) is 11.7 Å². The summed E-state index contributed by atoms with van der Waals surface area (Å²) in [6.07, 6.45) is 1.75. The Kier molecular flexibility index (Phi) is 6.40. The van der Waals surface area contributed by atoms with Crippen molar-refractivity contribution in [2.24, 2.45) is 5.10 Å². The molecule has 0 bridgehead atoms. The molecule has 1 heterocycles. The van der Waals surface area contributed by atoms with Crippen LogP contribution in [0.1, 0.15) is 11.1 Å². The molecule has 0 unspecified atom stereocenters. The predicted octanol–water partition coefficient (Wildman–Crippen LogP) is 6.63. The Bertz CT molecular complexity index is 1700. The third-order valence-corrected chi connectivity index (χ3v) is 7.31. The van der Waals surface area contributed by atoms with Crippen LogP contribution in [0.3, 0.4) is 0 Å². The van der Waals surface area contributed by atoms with Gasteiger partial charge in [-0.3, -0.25) is 4.79 Å². The molecule has 0 saturated carbocycles. The first-order valence-corrected chi connectivity index (χ1v) is 13.1. The van der Waals surface area contributed by atoms with Gasteiger partial charge in [0.15, 0.2) is 5.16 Å². The Morgan fingerprint density at radius 2 is 1.49 bits per heavy atom. The zero-order chi connectivity index (χ0) is 25.0. The van der Waals surface area contributed by atoms with Crippen molar-refractivity contribution in [2.45, 2.75) is 11.7 Å². The molecule has 0 spiro atoms. The van der Waals surface area contributed by atoms with Crippen LogP contribution in [0.4, 0.5) is 0 Å². The SMILES string of the molecule is O=C(CSc1nc2ccccc2n1Cc1ccccc1)N/N=C/c1c2ccccc2cc2ccccc12. The van der Waals surface area contributed by atoms with Crippen LogP contribution in [0.2, 0.25) is 0 Å². The van der Waals surface area contributed by atoms with Crippen LogP contribution in [-0.2, 0) is 11.3 Å². The Hall–Kier alpha value is -4.42. The number of carbonyl (C=O) groups excluding carboxylic acids is 1. The van der Waals surface area contributed by atoms with Gasteiger partial charge in [0.25, 0.3) is 5.91 Å². The lowest BCUT2D eigenvalue weighted by Crippen LogP contribution is -2.20. The molecule has 6 rings (SSSR count). The summed E-state index contributed by atoms with van der Waals surface area (Å²) >= 11 is 1.42. The van der Waals surface area contributed by atoms with E-state index in [9.17, 15) is 4.79 Å². The molecule has 0 aliphatic carbocycles. The number of imidazole rings is 1. The lowest BCUT2D eigenvalue weighted by Gasteiger charge is -2.09. The Morgan fingerprint density at radius 1 is 0.838 bits per heavy atom. The number of nitrogens with zero attached hydrogens (tertiary/aromatic N) is 3. The van der Waals surface area contributed by atoms with Gasteiger partial charge in [-0.25, -0.2) is 10.4 Å². The van der Waals surface area contributed by atoms with E-state index in [1.54, 1.807) is 6.21 Å². The largest absolute Gasteiger partial charge is 0.314 e. The summed E-state index contributed by atoms with van der Waals surface area (Å²) in [7, 11) is 0. The molecule has 37 heavy (non-hydrogen) atoms. The van der Waals surface area contributed by atoms with Crippen molar-refractivity contribution in [1.29, 1.82) is 0 Å². The van der Waals surface area contributed by atoms with Crippen LogP contribution < -0.4 is 5.43 Å². The second-order valence-corrected chi connectivity index (χ2v) is 9.71. The number of aromatic nitrogens is 2. The lowest BCUT2D eigenvalue weighted by atomic mass is 9.97. The number of nitrogens with one attached hydrogen (secondary N) is 1. The van der Waals surface area contributed by atoms with Gasteiger partial charge in [-0.1, -0.05) is 103 Å². The minimum atomic E-state index is -0.177. The molecule has 0 radical (unpaired) electrons. The molecule has 0 aliphatic heterocycles. The number of benzene rings is 5. The fourth-order valence-electron chi connectivity index (χ4n) is 4.60. The number of carbonyl (C=O) groups is 1. The van der Waals surface area contributed by atoms with E-state index in [1.165, 1.54) is 17.3 Å². The van der Waals surface area contributed by atoms with Gasteiger partial charge < -0.3 is 4.57 Å². The Morgan fingerprint density at radius 3 is 2.24 bits per heavy atom. The van der Waals surface area contributed by atoms with E-state index >= 15 is 0 Å². The van der Waals surface area contributed by atoms with Crippen LogP contribution in [0, 0.1) is 0 Å². The van der Waals surface area contributed by atoms with Gasteiger partial charge in [0.1, 0.15) is 0 Å². The van der Waals surface area contributed by atoms with Crippen molar-refractivity contribution in [3.05, 3.63) is 120 Å². The first-order valence-electron chi connectivity index (χ1n) is 12.1. The van der Waals surface area contributed by atoms with Crippen molar-refractivity contribution < 1.29 is 4.79 Å². The molecule has 6 aromatic rings. The van der Waals surface area contributed by atoms with Gasteiger partial charge in [0, 0.05) is 5.56 Å². The molecular formula is C31H24N4OS. The zero-order valence-electron chi connectivity index (χ0n) is 20.0. The number of thioether (sulfide) groups is 1. The van der Waals surface area contributed by atoms with E-state index in [1.807, 2.05) is 60.7 Å². The average Bonchev–Trinajstić information content (AvgIpc) is 3.29. The van der Waals surface area contributed by atoms with Gasteiger partial charge in [0.05, 0.1) is 29.5 Å². The summed E-state index contributed by atoms with van der Waals surface area (Å²) in [5.74, 6) is 0.0373. The molecule has 1 N–H and O–H groups in total. The Labute approximate surface area is 218 Å². The topological polar surface area (TPSA) is 59.3 Å². The first-order chi connectivity index (χ1) is 18.3. The van der Waals surface area contributed by atoms with Crippen molar-refractivity contribution in [3.8, 4) is 0 Å². The Balaban J connectivity index is 1.20. The van der Waals surface area contributed by atoms with Crippen molar-refractivity contribution in [2.75, 3.05) is 5.75 Å². The third kappa shape index (κ3) is 4.84. The normalized spacial score (nSPS) is 11.6. The van der Waals surface area contributed by atoms with E-state index in [0.29, 0.717) is 6.54 Å². The van der Waals surface area contributed by atoms with E-state index in [2.05, 4.69) is 63.6 Å². The summed E-state index contributed by atoms with van der Waals surface area (Å²) in [5.41, 5.74) is 6.85. The molecule has 1 aromatic heterocycles. The summed E-state index contributed by atoms with van der Waals surface area (Å²) in [5, 5.41) is 9.61. The van der Waals surface area contributed by atoms with Crippen molar-refractivity contribution in [3.63, 3.8) is 0 Å². The summed E-state index contributed by atoms with van der Waals surface area (Å²) < 4.78 is 2.16. The maximum Gasteiger partial charge on any atom is 0.250 e. The number of rotatable bonds is 7. The molecular weight excluding hydrogens is 476 g/mol. The minimum absolute atomic E-state index is 0.177. The molecule has 0 saturated heterocycles. The lowest BCUT2D eigenvalue weighted by molar-refractivity contribution is -0.118. The highest BCUT2D eigenvalue weighted by atomic mass is 32.2. The number of hydrazone groups is 1. The molecule has 0 atom stereocenters.